The summed E-state index contributed by atoms with van der Waals surface area (Å²) in [5, 5.41) is 2.96. The highest BCUT2D eigenvalue weighted by Gasteiger charge is 2.51. The van der Waals surface area contributed by atoms with Crippen molar-refractivity contribution in [2.45, 2.75) is 69.8 Å². The van der Waals surface area contributed by atoms with Crippen molar-refractivity contribution in [1.29, 1.82) is 0 Å². The van der Waals surface area contributed by atoms with E-state index in [0.29, 0.717) is 22.8 Å². The fourth-order valence-electron chi connectivity index (χ4n) is 6.56. The Bertz CT molecular complexity index is 1020. The molecule has 1 aromatic heterocycles. The van der Waals surface area contributed by atoms with Crippen LogP contribution >= 0.6 is 0 Å². The minimum Gasteiger partial charge on any atom is -0.455 e. The lowest BCUT2D eigenvalue weighted by atomic mass is 9.74. The topological polar surface area (TPSA) is 68.3 Å². The number of benzene rings is 1. The molecular weight excluding hydrogens is 438 g/mol. The van der Waals surface area contributed by atoms with Crippen LogP contribution in [0.5, 0.6) is 0 Å². The molecule has 1 aliphatic carbocycles. The second kappa shape index (κ2) is 10.1. The maximum absolute atomic E-state index is 13.9. The summed E-state index contributed by atoms with van der Waals surface area (Å²) in [4.78, 5) is 31.1. The van der Waals surface area contributed by atoms with Crippen LogP contribution in [-0.4, -0.2) is 53.6 Å². The molecule has 4 heterocycles. The highest BCUT2D eigenvalue weighted by atomic mass is 16.5. The summed E-state index contributed by atoms with van der Waals surface area (Å²) < 4.78 is 7.12. The second-order valence-corrected chi connectivity index (χ2v) is 11.0. The number of ether oxygens (including phenoxy) is 1. The van der Waals surface area contributed by atoms with Gasteiger partial charge in [-0.2, -0.15) is 0 Å². The van der Waals surface area contributed by atoms with Crippen LogP contribution in [-0.2, 0) is 19.7 Å². The number of hydrogen-bond acceptors (Lipinski definition) is 4. The molecule has 1 atom stereocenters. The van der Waals surface area contributed by atoms with E-state index in [1.807, 2.05) is 37.3 Å². The van der Waals surface area contributed by atoms with Gasteiger partial charge in [0.1, 0.15) is 12.4 Å². The fourth-order valence-corrected chi connectivity index (χ4v) is 6.56. The van der Waals surface area contributed by atoms with E-state index < -0.39 is 5.41 Å². The molecule has 6 nitrogen and oxygen atoms in total. The number of aromatic nitrogens is 1. The van der Waals surface area contributed by atoms with E-state index in [9.17, 15) is 9.59 Å². The average molecular weight is 477 g/mol. The van der Waals surface area contributed by atoms with Gasteiger partial charge < -0.3 is 14.5 Å². The first-order valence-corrected chi connectivity index (χ1v) is 13.3. The molecule has 2 bridgehead atoms. The summed E-state index contributed by atoms with van der Waals surface area (Å²) in [5.41, 5.74) is 1.62. The summed E-state index contributed by atoms with van der Waals surface area (Å²) >= 11 is 0. The Morgan fingerprint density at radius 3 is 2.40 bits per heavy atom. The summed E-state index contributed by atoms with van der Waals surface area (Å²) in [6, 6.07) is 14.1. The second-order valence-electron chi connectivity index (χ2n) is 11.0. The number of quaternary nitrogens is 1. The molecule has 186 valence electrons. The summed E-state index contributed by atoms with van der Waals surface area (Å²) in [5.74, 6) is 0.929. The van der Waals surface area contributed by atoms with Crippen LogP contribution in [0.1, 0.15) is 62.5 Å². The van der Waals surface area contributed by atoms with Gasteiger partial charge >= 0.3 is 5.97 Å². The van der Waals surface area contributed by atoms with E-state index >= 15 is 0 Å². The number of nitrogens with one attached hydrogen (secondary N) is 1. The first-order valence-electron chi connectivity index (χ1n) is 13.3. The predicted octanol–water partition coefficient (Wildman–Crippen LogP) is 4.77. The minimum atomic E-state index is -0.539. The Morgan fingerprint density at radius 2 is 1.74 bits per heavy atom. The number of piperidine rings is 3. The summed E-state index contributed by atoms with van der Waals surface area (Å²) in [7, 11) is 0. The van der Waals surface area contributed by atoms with Crippen LogP contribution in [0.3, 0.4) is 0 Å². The lowest BCUT2D eigenvalue weighted by Crippen LogP contribution is -2.66. The van der Waals surface area contributed by atoms with Crippen molar-refractivity contribution in [2.75, 3.05) is 31.5 Å². The number of rotatable bonds is 6. The molecule has 1 amide bonds. The van der Waals surface area contributed by atoms with Crippen molar-refractivity contribution in [1.82, 2.24) is 4.98 Å². The van der Waals surface area contributed by atoms with Gasteiger partial charge in [-0.15, -0.1) is 0 Å². The Labute approximate surface area is 208 Å². The lowest BCUT2D eigenvalue weighted by molar-refractivity contribution is -0.939. The third kappa shape index (κ3) is 5.13. The molecule has 4 fully saturated rings. The van der Waals surface area contributed by atoms with Crippen molar-refractivity contribution < 1.29 is 18.8 Å². The van der Waals surface area contributed by atoms with E-state index in [-0.39, 0.29) is 18.0 Å². The Hall–Kier alpha value is -2.73. The van der Waals surface area contributed by atoms with E-state index in [4.69, 9.17) is 4.74 Å². The van der Waals surface area contributed by atoms with Crippen LogP contribution in [0.15, 0.2) is 48.7 Å². The van der Waals surface area contributed by atoms with Crippen LogP contribution in [0.25, 0.3) is 0 Å². The Kier molecular flexibility index (Phi) is 6.92. The molecule has 1 unspecified atom stereocenters. The Morgan fingerprint density at radius 1 is 1.03 bits per heavy atom. The molecule has 4 aliphatic rings. The number of carbonyl (C=O) groups is 2. The van der Waals surface area contributed by atoms with Crippen molar-refractivity contribution in [3.05, 3.63) is 59.8 Å². The minimum absolute atomic E-state index is 0.0173. The third-order valence-electron chi connectivity index (χ3n) is 8.63. The van der Waals surface area contributed by atoms with Crippen LogP contribution in [0.4, 0.5) is 5.82 Å². The SMILES string of the molecule is Cc1ccc(NC(=O)C[N+]23CCC(CC2)C(OC(=O)C2(c4ccccc4)CCCCCC2)C3)nc1. The van der Waals surface area contributed by atoms with E-state index in [1.54, 1.807) is 6.20 Å². The van der Waals surface area contributed by atoms with Crippen molar-refractivity contribution in [3.63, 3.8) is 0 Å². The van der Waals surface area contributed by atoms with Gasteiger partial charge in [-0.25, -0.2) is 4.98 Å². The van der Waals surface area contributed by atoms with Crippen molar-refractivity contribution in [3.8, 4) is 0 Å². The maximum atomic E-state index is 13.9. The molecule has 1 saturated carbocycles. The number of hydrogen-bond donors (Lipinski definition) is 1. The summed E-state index contributed by atoms with van der Waals surface area (Å²) in [6.45, 7) is 5.05. The molecule has 2 aromatic rings. The highest BCUT2D eigenvalue weighted by molar-refractivity contribution is 5.90. The van der Waals surface area contributed by atoms with Gasteiger partial charge in [-0.1, -0.05) is 62.1 Å². The van der Waals surface area contributed by atoms with Crippen molar-refractivity contribution >= 4 is 17.7 Å². The first-order chi connectivity index (χ1) is 17.0. The van der Waals surface area contributed by atoms with Gasteiger partial charge in [0, 0.05) is 25.0 Å². The lowest BCUT2D eigenvalue weighted by Gasteiger charge is -2.52. The molecule has 6 heteroatoms. The normalized spacial score (nSPS) is 27.6. The zero-order chi connectivity index (χ0) is 24.3. The maximum Gasteiger partial charge on any atom is 0.317 e. The number of esters is 1. The molecular formula is C29H38N3O3+. The third-order valence-corrected chi connectivity index (χ3v) is 8.63. The van der Waals surface area contributed by atoms with Gasteiger partial charge in [0.05, 0.1) is 18.5 Å². The zero-order valence-electron chi connectivity index (χ0n) is 20.9. The molecule has 1 aromatic carbocycles. The average Bonchev–Trinajstić information content (AvgIpc) is 3.14. The fraction of sp³-hybridized carbons (Fsp3) is 0.552. The summed E-state index contributed by atoms with van der Waals surface area (Å²) in [6.07, 6.45) is 9.87. The number of carbonyl (C=O) groups excluding carboxylic acids is 2. The van der Waals surface area contributed by atoms with Gasteiger partial charge in [0.25, 0.3) is 5.91 Å². The van der Waals surface area contributed by atoms with E-state index in [1.165, 1.54) is 12.8 Å². The number of aryl methyl sites for hydroxylation is 1. The zero-order valence-corrected chi connectivity index (χ0v) is 20.9. The molecule has 0 radical (unpaired) electrons. The van der Waals surface area contributed by atoms with Gasteiger partial charge in [0.15, 0.2) is 12.6 Å². The molecule has 6 rings (SSSR count). The Balaban J connectivity index is 1.29. The quantitative estimate of drug-likeness (QED) is 0.370. The monoisotopic (exact) mass is 476 g/mol. The van der Waals surface area contributed by atoms with E-state index in [0.717, 1.165) is 69.3 Å². The van der Waals surface area contributed by atoms with Crippen LogP contribution in [0.2, 0.25) is 0 Å². The molecule has 0 spiro atoms. The smallest absolute Gasteiger partial charge is 0.317 e. The number of pyridine rings is 1. The number of amides is 1. The highest BCUT2D eigenvalue weighted by Crippen LogP contribution is 2.42. The number of nitrogens with zero attached hydrogens (tertiary/aromatic N) is 2. The predicted molar refractivity (Wildman–Crippen MR) is 136 cm³/mol. The molecule has 3 aliphatic heterocycles. The van der Waals surface area contributed by atoms with Gasteiger partial charge in [-0.3, -0.25) is 9.59 Å². The van der Waals surface area contributed by atoms with Crippen molar-refractivity contribution in [2.24, 2.45) is 5.92 Å². The van der Waals surface area contributed by atoms with Crippen LogP contribution < -0.4 is 5.32 Å². The standard InChI is InChI=1S/C29H37N3O3/c1-22-11-12-26(30-19-22)31-27(33)21-32-17-13-23(14-18-32)25(20-32)35-28(34)29(15-7-2-3-8-16-29)24-9-5-4-6-10-24/h4-6,9-12,19,23,25H,2-3,7-8,13-18,20-21H2,1H3/p+1. The molecule has 3 saturated heterocycles. The number of fused-ring (bicyclic) bond motifs is 3. The van der Waals surface area contributed by atoms with E-state index in [2.05, 4.69) is 22.4 Å². The number of anilines is 1. The van der Waals surface area contributed by atoms with Gasteiger partial charge in [-0.05, 0) is 37.0 Å². The van der Waals surface area contributed by atoms with Crippen LogP contribution in [0, 0.1) is 12.8 Å². The molecule has 35 heavy (non-hydrogen) atoms. The van der Waals surface area contributed by atoms with Gasteiger partial charge in [0.2, 0.25) is 0 Å². The first kappa shape index (κ1) is 24.0. The molecule has 1 N–H and O–H groups in total. The largest absolute Gasteiger partial charge is 0.455 e.